The van der Waals surface area contributed by atoms with Gasteiger partial charge in [0.05, 0.1) is 15.6 Å². The summed E-state index contributed by atoms with van der Waals surface area (Å²) in [5, 5.41) is 22.5. The van der Waals surface area contributed by atoms with Gasteiger partial charge in [0, 0.05) is 22.9 Å². The molecular weight excluding hydrogens is 413 g/mol. The molecule has 1 amide bonds. The SMILES string of the molecule is O=C(CI)Nc1cc(O)c2c(c1)C(=O)c1cccc(O)c1C2=O. The second-order valence-corrected chi connectivity index (χ2v) is 5.72. The maximum Gasteiger partial charge on any atom is 0.234 e. The predicted octanol–water partition coefficient (Wildman–Crippen LogP) is 2.25. The molecule has 2 aromatic rings. The highest BCUT2D eigenvalue weighted by Gasteiger charge is 2.34. The van der Waals surface area contributed by atoms with Gasteiger partial charge in [-0.1, -0.05) is 34.7 Å². The Balaban J connectivity index is 2.19. The number of anilines is 1. The van der Waals surface area contributed by atoms with Crippen LogP contribution in [0.5, 0.6) is 11.5 Å². The molecule has 0 saturated carbocycles. The lowest BCUT2D eigenvalue weighted by Crippen LogP contribution is -2.22. The number of phenols is 2. The molecule has 0 aliphatic heterocycles. The zero-order valence-electron chi connectivity index (χ0n) is 11.6. The third-order valence-corrected chi connectivity index (χ3v) is 4.20. The van der Waals surface area contributed by atoms with Gasteiger partial charge in [-0.2, -0.15) is 0 Å². The largest absolute Gasteiger partial charge is 0.507 e. The van der Waals surface area contributed by atoms with Gasteiger partial charge in [-0.15, -0.1) is 0 Å². The molecule has 7 heteroatoms. The highest BCUT2D eigenvalue weighted by molar-refractivity contribution is 14.1. The quantitative estimate of drug-likeness (QED) is 0.434. The van der Waals surface area contributed by atoms with Crippen LogP contribution >= 0.6 is 22.6 Å². The van der Waals surface area contributed by atoms with Crippen LogP contribution in [0.25, 0.3) is 0 Å². The molecule has 0 atom stereocenters. The van der Waals surface area contributed by atoms with Crippen molar-refractivity contribution in [1.82, 2.24) is 0 Å². The number of carbonyl (C=O) groups excluding carboxylic acids is 3. The second kappa shape index (κ2) is 5.65. The second-order valence-electron chi connectivity index (χ2n) is 4.96. The fraction of sp³-hybridized carbons (Fsp3) is 0.0625. The van der Waals surface area contributed by atoms with E-state index < -0.39 is 17.3 Å². The fourth-order valence-electron chi connectivity index (χ4n) is 2.55. The fourth-order valence-corrected chi connectivity index (χ4v) is 2.74. The van der Waals surface area contributed by atoms with Crippen molar-refractivity contribution in [2.24, 2.45) is 0 Å². The Hall–Kier alpha value is -2.42. The Morgan fingerprint density at radius 3 is 2.39 bits per heavy atom. The number of rotatable bonds is 2. The van der Waals surface area contributed by atoms with E-state index in [2.05, 4.69) is 5.32 Å². The zero-order valence-corrected chi connectivity index (χ0v) is 13.7. The summed E-state index contributed by atoms with van der Waals surface area (Å²) in [6.07, 6.45) is 0. The van der Waals surface area contributed by atoms with Gasteiger partial charge in [-0.05, 0) is 12.1 Å². The molecule has 23 heavy (non-hydrogen) atoms. The topological polar surface area (TPSA) is 104 Å². The van der Waals surface area contributed by atoms with Gasteiger partial charge in [0.2, 0.25) is 11.7 Å². The summed E-state index contributed by atoms with van der Waals surface area (Å²) in [6.45, 7) is 0. The maximum atomic E-state index is 12.6. The molecule has 0 aromatic heterocycles. The van der Waals surface area contributed by atoms with E-state index in [1.165, 1.54) is 30.3 Å². The monoisotopic (exact) mass is 423 g/mol. The van der Waals surface area contributed by atoms with Crippen LogP contribution in [0, 0.1) is 0 Å². The van der Waals surface area contributed by atoms with Crippen LogP contribution in [-0.2, 0) is 4.79 Å². The third kappa shape index (κ3) is 2.46. The molecule has 0 spiro atoms. The number of amides is 1. The maximum absolute atomic E-state index is 12.6. The van der Waals surface area contributed by atoms with Crippen LogP contribution in [0.2, 0.25) is 0 Å². The Morgan fingerprint density at radius 1 is 1.00 bits per heavy atom. The molecule has 1 aliphatic carbocycles. The Kier molecular flexibility index (Phi) is 3.80. The smallest absolute Gasteiger partial charge is 0.234 e. The van der Waals surface area contributed by atoms with Crippen molar-refractivity contribution in [1.29, 1.82) is 0 Å². The van der Waals surface area contributed by atoms with Gasteiger partial charge < -0.3 is 15.5 Å². The van der Waals surface area contributed by atoms with Crippen molar-refractivity contribution in [3.05, 3.63) is 52.6 Å². The molecule has 0 fully saturated rings. The standard InChI is InChI=1S/C16H10INO5/c17-6-12(21)18-7-4-9-14(11(20)5-7)16(23)13-8(15(9)22)2-1-3-10(13)19/h1-5,19-20H,6H2,(H,18,21). The van der Waals surface area contributed by atoms with Crippen LogP contribution in [0.1, 0.15) is 31.8 Å². The number of benzene rings is 2. The molecule has 3 N–H and O–H groups in total. The van der Waals surface area contributed by atoms with Gasteiger partial charge in [-0.3, -0.25) is 14.4 Å². The summed E-state index contributed by atoms with van der Waals surface area (Å²) in [5.74, 6) is -2.15. The number of nitrogens with one attached hydrogen (secondary N) is 1. The highest BCUT2D eigenvalue weighted by Crippen LogP contribution is 2.38. The Morgan fingerprint density at radius 2 is 1.70 bits per heavy atom. The average Bonchev–Trinajstić information content (AvgIpc) is 2.51. The van der Waals surface area contributed by atoms with Crippen molar-refractivity contribution < 1.29 is 24.6 Å². The van der Waals surface area contributed by atoms with E-state index in [0.29, 0.717) is 0 Å². The van der Waals surface area contributed by atoms with Gasteiger partial charge in [0.25, 0.3) is 0 Å². The molecule has 6 nitrogen and oxygen atoms in total. The molecule has 3 rings (SSSR count). The average molecular weight is 423 g/mol. The first-order chi connectivity index (χ1) is 10.9. The Bertz CT molecular complexity index is 875. The summed E-state index contributed by atoms with van der Waals surface area (Å²) in [5.41, 5.74) is 0.00427. The number of hydrogen-bond donors (Lipinski definition) is 3. The van der Waals surface area contributed by atoms with E-state index in [4.69, 9.17) is 0 Å². The van der Waals surface area contributed by atoms with Crippen LogP contribution in [0.15, 0.2) is 30.3 Å². The lowest BCUT2D eigenvalue weighted by molar-refractivity contribution is -0.113. The lowest BCUT2D eigenvalue weighted by atomic mass is 9.83. The van der Waals surface area contributed by atoms with Crippen LogP contribution in [-0.4, -0.2) is 32.1 Å². The minimum Gasteiger partial charge on any atom is -0.507 e. The van der Waals surface area contributed by atoms with Crippen molar-refractivity contribution in [3.63, 3.8) is 0 Å². The number of hydrogen-bond acceptors (Lipinski definition) is 5. The number of alkyl halides is 1. The third-order valence-electron chi connectivity index (χ3n) is 3.51. The van der Waals surface area contributed by atoms with Crippen LogP contribution < -0.4 is 5.32 Å². The first kappa shape index (κ1) is 15.5. The van der Waals surface area contributed by atoms with Gasteiger partial charge in [0.15, 0.2) is 5.78 Å². The van der Waals surface area contributed by atoms with E-state index in [1.54, 1.807) is 0 Å². The van der Waals surface area contributed by atoms with Crippen molar-refractivity contribution in [3.8, 4) is 11.5 Å². The van der Waals surface area contributed by atoms with Crippen LogP contribution in [0.4, 0.5) is 5.69 Å². The molecule has 0 heterocycles. The number of halogens is 1. The first-order valence-electron chi connectivity index (χ1n) is 6.58. The molecule has 116 valence electrons. The minimum atomic E-state index is -0.628. The summed E-state index contributed by atoms with van der Waals surface area (Å²) < 4.78 is 0.208. The Labute approximate surface area is 144 Å². The predicted molar refractivity (Wildman–Crippen MR) is 90.6 cm³/mol. The molecule has 0 radical (unpaired) electrons. The lowest BCUT2D eigenvalue weighted by Gasteiger charge is -2.20. The number of aromatic hydroxyl groups is 2. The van der Waals surface area contributed by atoms with E-state index in [-0.39, 0.29) is 44.0 Å². The minimum absolute atomic E-state index is 0.00291. The van der Waals surface area contributed by atoms with Crippen molar-refractivity contribution in [2.45, 2.75) is 0 Å². The van der Waals surface area contributed by atoms with E-state index in [0.717, 1.165) is 0 Å². The number of fused-ring (bicyclic) bond motifs is 2. The van der Waals surface area contributed by atoms with Gasteiger partial charge in [0.1, 0.15) is 11.5 Å². The normalized spacial score (nSPS) is 12.6. The number of phenolic OH excluding ortho intramolecular Hbond substituents is 2. The van der Waals surface area contributed by atoms with E-state index in [9.17, 15) is 24.6 Å². The molecule has 0 saturated heterocycles. The van der Waals surface area contributed by atoms with Crippen LogP contribution in [0.3, 0.4) is 0 Å². The molecule has 0 unspecified atom stereocenters. The zero-order chi connectivity index (χ0) is 16.7. The molecule has 1 aliphatic rings. The van der Waals surface area contributed by atoms with Crippen molar-refractivity contribution >= 4 is 45.8 Å². The summed E-state index contributed by atoms with van der Waals surface area (Å²) in [4.78, 5) is 36.6. The molecular formula is C16H10INO5. The summed E-state index contributed by atoms with van der Waals surface area (Å²) in [7, 11) is 0. The molecule has 2 aromatic carbocycles. The van der Waals surface area contributed by atoms with E-state index in [1.807, 2.05) is 22.6 Å². The number of ketones is 2. The number of carbonyl (C=O) groups is 3. The van der Waals surface area contributed by atoms with E-state index >= 15 is 0 Å². The van der Waals surface area contributed by atoms with Gasteiger partial charge in [-0.25, -0.2) is 0 Å². The summed E-state index contributed by atoms with van der Waals surface area (Å²) in [6, 6.07) is 6.77. The first-order valence-corrected chi connectivity index (χ1v) is 8.10. The van der Waals surface area contributed by atoms with Crippen molar-refractivity contribution in [2.75, 3.05) is 9.74 Å². The highest BCUT2D eigenvalue weighted by atomic mass is 127. The van der Waals surface area contributed by atoms with Gasteiger partial charge >= 0.3 is 0 Å². The summed E-state index contributed by atoms with van der Waals surface area (Å²) >= 11 is 1.88. The molecule has 0 bridgehead atoms.